The molecule has 0 aromatic heterocycles. The second-order valence-corrected chi connectivity index (χ2v) is 5.27. The van der Waals surface area contributed by atoms with Gasteiger partial charge < -0.3 is 15.2 Å². The third-order valence-corrected chi connectivity index (χ3v) is 3.28. The molecule has 0 radical (unpaired) electrons. The standard InChI is InChI=1S/C15H14INO3/c1-2-19-15(18)10-3-8-14(13(17)9-10)20-12-6-4-11(16)5-7-12/h3-9H,2,17H2,1H3. The van der Waals surface area contributed by atoms with E-state index in [2.05, 4.69) is 22.6 Å². The lowest BCUT2D eigenvalue weighted by atomic mass is 10.2. The van der Waals surface area contributed by atoms with Gasteiger partial charge in [0.05, 0.1) is 17.9 Å². The van der Waals surface area contributed by atoms with Crippen molar-refractivity contribution in [2.45, 2.75) is 6.92 Å². The second-order valence-electron chi connectivity index (χ2n) is 4.03. The zero-order valence-electron chi connectivity index (χ0n) is 10.9. The Bertz CT molecular complexity index is 611. The van der Waals surface area contributed by atoms with E-state index in [0.29, 0.717) is 29.4 Å². The van der Waals surface area contributed by atoms with Crippen molar-refractivity contribution in [3.63, 3.8) is 0 Å². The van der Waals surface area contributed by atoms with Crippen molar-refractivity contribution in [1.82, 2.24) is 0 Å². The minimum atomic E-state index is -0.389. The third kappa shape index (κ3) is 3.63. The lowest BCUT2D eigenvalue weighted by Crippen LogP contribution is -2.05. The summed E-state index contributed by atoms with van der Waals surface area (Å²) in [6, 6.07) is 12.5. The van der Waals surface area contributed by atoms with Gasteiger partial charge in [-0.2, -0.15) is 0 Å². The number of esters is 1. The maximum Gasteiger partial charge on any atom is 0.338 e. The lowest BCUT2D eigenvalue weighted by Gasteiger charge is -2.10. The number of ether oxygens (including phenoxy) is 2. The van der Waals surface area contributed by atoms with Crippen LogP contribution in [0.1, 0.15) is 17.3 Å². The van der Waals surface area contributed by atoms with E-state index >= 15 is 0 Å². The Morgan fingerprint density at radius 3 is 2.50 bits per heavy atom. The number of nitrogen functional groups attached to an aromatic ring is 1. The van der Waals surface area contributed by atoms with Gasteiger partial charge in [-0.3, -0.25) is 0 Å². The van der Waals surface area contributed by atoms with E-state index in [0.717, 1.165) is 3.57 Å². The van der Waals surface area contributed by atoms with Gasteiger partial charge in [0.2, 0.25) is 0 Å². The van der Waals surface area contributed by atoms with Crippen LogP contribution in [0.4, 0.5) is 5.69 Å². The first-order valence-corrected chi connectivity index (χ1v) is 7.18. The summed E-state index contributed by atoms with van der Waals surface area (Å²) in [5.41, 5.74) is 6.71. The van der Waals surface area contributed by atoms with Crippen molar-refractivity contribution in [2.75, 3.05) is 12.3 Å². The summed E-state index contributed by atoms with van der Waals surface area (Å²) in [5.74, 6) is 0.820. The molecule has 104 valence electrons. The smallest absolute Gasteiger partial charge is 0.338 e. The maximum absolute atomic E-state index is 11.6. The molecule has 0 heterocycles. The van der Waals surface area contributed by atoms with Gasteiger partial charge in [0.15, 0.2) is 0 Å². The first-order valence-electron chi connectivity index (χ1n) is 6.10. The number of hydrogen-bond acceptors (Lipinski definition) is 4. The summed E-state index contributed by atoms with van der Waals surface area (Å²) < 4.78 is 11.7. The number of carbonyl (C=O) groups excluding carboxylic acids is 1. The summed E-state index contributed by atoms with van der Waals surface area (Å²) in [5, 5.41) is 0. The molecule has 0 atom stereocenters. The highest BCUT2D eigenvalue weighted by Crippen LogP contribution is 2.28. The average Bonchev–Trinajstić information content (AvgIpc) is 2.43. The van der Waals surface area contributed by atoms with Crippen molar-refractivity contribution >= 4 is 34.2 Å². The Kier molecular flexibility index (Phi) is 4.84. The predicted octanol–water partition coefficient (Wildman–Crippen LogP) is 3.84. The van der Waals surface area contributed by atoms with Crippen molar-refractivity contribution in [3.05, 3.63) is 51.6 Å². The molecule has 0 aliphatic heterocycles. The molecule has 0 unspecified atom stereocenters. The average molecular weight is 383 g/mol. The summed E-state index contributed by atoms with van der Waals surface area (Å²) in [4.78, 5) is 11.6. The van der Waals surface area contributed by atoms with Gasteiger partial charge in [-0.15, -0.1) is 0 Å². The fraction of sp³-hybridized carbons (Fsp3) is 0.133. The maximum atomic E-state index is 11.6. The summed E-state index contributed by atoms with van der Waals surface area (Å²) in [6.45, 7) is 2.09. The fourth-order valence-electron chi connectivity index (χ4n) is 1.61. The van der Waals surface area contributed by atoms with Gasteiger partial charge in [0, 0.05) is 3.57 Å². The van der Waals surface area contributed by atoms with Crippen LogP contribution >= 0.6 is 22.6 Å². The van der Waals surface area contributed by atoms with Crippen molar-refractivity contribution in [2.24, 2.45) is 0 Å². The van der Waals surface area contributed by atoms with Crippen LogP contribution in [-0.2, 0) is 4.74 Å². The predicted molar refractivity (Wildman–Crippen MR) is 86.0 cm³/mol. The Morgan fingerprint density at radius 1 is 1.20 bits per heavy atom. The van der Waals surface area contributed by atoms with E-state index in [-0.39, 0.29) is 5.97 Å². The molecule has 20 heavy (non-hydrogen) atoms. The monoisotopic (exact) mass is 383 g/mol. The molecule has 0 bridgehead atoms. The molecule has 0 aliphatic carbocycles. The molecule has 0 fully saturated rings. The minimum absolute atomic E-state index is 0.333. The quantitative estimate of drug-likeness (QED) is 0.495. The van der Waals surface area contributed by atoms with Crippen LogP contribution < -0.4 is 10.5 Å². The number of nitrogens with two attached hydrogens (primary N) is 1. The normalized spacial score (nSPS) is 10.1. The van der Waals surface area contributed by atoms with E-state index in [1.54, 1.807) is 25.1 Å². The first kappa shape index (κ1) is 14.6. The highest BCUT2D eigenvalue weighted by Gasteiger charge is 2.10. The molecule has 0 spiro atoms. The highest BCUT2D eigenvalue weighted by molar-refractivity contribution is 14.1. The Morgan fingerprint density at radius 2 is 1.90 bits per heavy atom. The molecule has 0 saturated heterocycles. The molecule has 2 aromatic rings. The molecule has 0 aliphatic rings. The van der Waals surface area contributed by atoms with Crippen LogP contribution in [0.3, 0.4) is 0 Å². The topological polar surface area (TPSA) is 61.5 Å². The number of benzene rings is 2. The largest absolute Gasteiger partial charge is 0.462 e. The lowest BCUT2D eigenvalue weighted by molar-refractivity contribution is 0.0526. The molecular weight excluding hydrogens is 369 g/mol. The van der Waals surface area contributed by atoms with Crippen molar-refractivity contribution in [1.29, 1.82) is 0 Å². The first-order chi connectivity index (χ1) is 9.60. The minimum Gasteiger partial charge on any atom is -0.462 e. The van der Waals surface area contributed by atoms with Gasteiger partial charge in [-0.1, -0.05) is 0 Å². The van der Waals surface area contributed by atoms with E-state index in [1.165, 1.54) is 0 Å². The van der Waals surface area contributed by atoms with E-state index in [9.17, 15) is 4.79 Å². The molecule has 0 saturated carbocycles. The second kappa shape index (κ2) is 6.60. The van der Waals surface area contributed by atoms with E-state index < -0.39 is 0 Å². The molecule has 5 heteroatoms. The molecule has 2 aromatic carbocycles. The Balaban J connectivity index is 2.17. The van der Waals surface area contributed by atoms with Crippen LogP contribution in [0.25, 0.3) is 0 Å². The fourth-order valence-corrected chi connectivity index (χ4v) is 1.97. The van der Waals surface area contributed by atoms with Crippen LogP contribution in [0.15, 0.2) is 42.5 Å². The molecule has 4 nitrogen and oxygen atoms in total. The molecular formula is C15H14INO3. The number of rotatable bonds is 4. The van der Waals surface area contributed by atoms with Crippen molar-refractivity contribution in [3.8, 4) is 11.5 Å². The molecule has 2 N–H and O–H groups in total. The van der Waals surface area contributed by atoms with E-state index in [1.807, 2.05) is 24.3 Å². The zero-order chi connectivity index (χ0) is 14.5. The highest BCUT2D eigenvalue weighted by atomic mass is 127. The Hall–Kier alpha value is -1.76. The van der Waals surface area contributed by atoms with Crippen molar-refractivity contribution < 1.29 is 14.3 Å². The summed E-state index contributed by atoms with van der Waals surface area (Å²) in [6.07, 6.45) is 0. The van der Waals surface area contributed by atoms with Crippen LogP contribution in [-0.4, -0.2) is 12.6 Å². The van der Waals surface area contributed by atoms with E-state index in [4.69, 9.17) is 15.2 Å². The SMILES string of the molecule is CCOC(=O)c1ccc(Oc2ccc(I)cc2)c(N)c1. The molecule has 2 rings (SSSR count). The van der Waals surface area contributed by atoms with Crippen LogP contribution in [0.5, 0.6) is 11.5 Å². The van der Waals surface area contributed by atoms with Crippen LogP contribution in [0, 0.1) is 3.57 Å². The van der Waals surface area contributed by atoms with Crippen LogP contribution in [0.2, 0.25) is 0 Å². The Labute approximate surface area is 131 Å². The summed E-state index contributed by atoms with van der Waals surface area (Å²) >= 11 is 2.22. The van der Waals surface area contributed by atoms with Gasteiger partial charge >= 0.3 is 5.97 Å². The molecule has 0 amide bonds. The summed E-state index contributed by atoms with van der Waals surface area (Å²) in [7, 11) is 0. The zero-order valence-corrected chi connectivity index (χ0v) is 13.1. The van der Waals surface area contributed by atoms with Gasteiger partial charge in [-0.25, -0.2) is 4.79 Å². The van der Waals surface area contributed by atoms with Gasteiger partial charge in [0.1, 0.15) is 11.5 Å². The number of anilines is 1. The van der Waals surface area contributed by atoms with Gasteiger partial charge in [-0.05, 0) is 72.0 Å². The third-order valence-electron chi connectivity index (χ3n) is 2.56. The van der Waals surface area contributed by atoms with Gasteiger partial charge in [0.25, 0.3) is 0 Å². The number of hydrogen-bond donors (Lipinski definition) is 1. The number of carbonyl (C=O) groups is 1. The number of halogens is 1.